The molecule has 3 heterocycles. The predicted molar refractivity (Wildman–Crippen MR) is 158 cm³/mol. The van der Waals surface area contributed by atoms with E-state index in [4.69, 9.17) is 4.74 Å². The summed E-state index contributed by atoms with van der Waals surface area (Å²) < 4.78 is 5.77. The van der Waals surface area contributed by atoms with Crippen molar-refractivity contribution in [3.8, 4) is 11.3 Å². The lowest BCUT2D eigenvalue weighted by Crippen LogP contribution is -2.58. The molecule has 2 fully saturated rings. The number of aliphatic hydroxyl groups excluding tert-OH is 1. The van der Waals surface area contributed by atoms with Gasteiger partial charge in [-0.25, -0.2) is 0 Å². The van der Waals surface area contributed by atoms with Crippen LogP contribution in [0.4, 0.5) is 5.69 Å². The molecule has 2 aliphatic heterocycles. The first-order chi connectivity index (χ1) is 19.2. The standard InChI is InChI=1S/C33H38N4O3/c1-33(2,3)18-30(21-7-5-4-6-8-21)34-32(39)23-11-14-29-28(15-23)31(36-35-29)22-9-12-24(13-10-22)37-25-16-27(38)17-26(37)20-40-19-25/h4-15,25-27,30,38H,16-20H2,1-3H3,(H,34,39)(H,35,36)/t25-,26+,27+,30-/m0/s1. The van der Waals surface area contributed by atoms with Gasteiger partial charge in [0.1, 0.15) is 0 Å². The number of aromatic amines is 1. The second-order valence-corrected chi connectivity index (χ2v) is 12.5. The maximum Gasteiger partial charge on any atom is 0.251 e. The van der Waals surface area contributed by atoms with Crippen LogP contribution in [0.1, 0.15) is 62.0 Å². The van der Waals surface area contributed by atoms with Crippen LogP contribution < -0.4 is 10.2 Å². The van der Waals surface area contributed by atoms with E-state index in [0.29, 0.717) is 18.8 Å². The molecule has 208 valence electrons. The van der Waals surface area contributed by atoms with Crippen molar-refractivity contribution in [3.05, 3.63) is 83.9 Å². The first-order valence-electron chi connectivity index (χ1n) is 14.2. The number of nitrogens with zero attached hydrogens (tertiary/aromatic N) is 2. The van der Waals surface area contributed by atoms with Gasteiger partial charge in [0.15, 0.2) is 0 Å². The van der Waals surface area contributed by atoms with Crippen LogP contribution in [0.2, 0.25) is 0 Å². The van der Waals surface area contributed by atoms with Crippen LogP contribution in [-0.4, -0.2) is 52.6 Å². The minimum atomic E-state index is -0.257. The number of morpholine rings is 1. The van der Waals surface area contributed by atoms with Crippen molar-refractivity contribution in [3.63, 3.8) is 0 Å². The molecule has 3 aromatic carbocycles. The fraction of sp³-hybridized carbons (Fsp3) is 0.394. The molecule has 0 saturated carbocycles. The van der Waals surface area contributed by atoms with Crippen molar-refractivity contribution < 1.29 is 14.6 Å². The minimum absolute atomic E-state index is 0.0569. The highest BCUT2D eigenvalue weighted by atomic mass is 16.5. The number of benzene rings is 3. The third-order valence-corrected chi connectivity index (χ3v) is 8.08. The summed E-state index contributed by atoms with van der Waals surface area (Å²) in [6.45, 7) is 7.87. The van der Waals surface area contributed by atoms with Gasteiger partial charge in [-0.2, -0.15) is 5.10 Å². The number of H-pyrrole nitrogens is 1. The number of aliphatic hydroxyl groups is 1. The number of rotatable bonds is 6. The van der Waals surface area contributed by atoms with E-state index in [0.717, 1.165) is 52.7 Å². The zero-order chi connectivity index (χ0) is 27.9. The van der Waals surface area contributed by atoms with Gasteiger partial charge < -0.3 is 20.1 Å². The van der Waals surface area contributed by atoms with Crippen LogP contribution in [-0.2, 0) is 4.74 Å². The molecule has 4 aromatic rings. The van der Waals surface area contributed by atoms with Crippen molar-refractivity contribution in [1.82, 2.24) is 15.5 Å². The highest BCUT2D eigenvalue weighted by Crippen LogP contribution is 2.35. The SMILES string of the molecule is CC(C)(C)C[C@H](NC(=O)c1ccc2[nH]nc(-c3ccc(N4[C@@H]5COC[C@H]4C[C@H](O)C5)cc3)c2c1)c1ccccc1. The molecule has 7 nitrogen and oxygen atoms in total. The van der Waals surface area contributed by atoms with Crippen molar-refractivity contribution >= 4 is 22.5 Å². The molecule has 40 heavy (non-hydrogen) atoms. The fourth-order valence-corrected chi connectivity index (χ4v) is 6.27. The van der Waals surface area contributed by atoms with Gasteiger partial charge in [0, 0.05) is 22.2 Å². The number of hydrogen-bond donors (Lipinski definition) is 3. The molecule has 3 N–H and O–H groups in total. The van der Waals surface area contributed by atoms with E-state index in [1.165, 1.54) is 0 Å². The second kappa shape index (κ2) is 10.7. The molecule has 0 unspecified atom stereocenters. The summed E-state index contributed by atoms with van der Waals surface area (Å²) in [6.07, 6.45) is 2.03. The lowest BCUT2D eigenvalue weighted by molar-refractivity contribution is 0.00124. The van der Waals surface area contributed by atoms with E-state index >= 15 is 0 Å². The lowest BCUT2D eigenvalue weighted by Gasteiger charge is -2.48. The van der Waals surface area contributed by atoms with E-state index in [9.17, 15) is 9.90 Å². The number of carbonyl (C=O) groups excluding carboxylic acids is 1. The van der Waals surface area contributed by atoms with E-state index in [1.54, 1.807) is 0 Å². The van der Waals surface area contributed by atoms with E-state index in [-0.39, 0.29) is 35.6 Å². The summed E-state index contributed by atoms with van der Waals surface area (Å²) in [5, 5.41) is 22.2. The Morgan fingerprint density at radius 3 is 2.42 bits per heavy atom. The Morgan fingerprint density at radius 2 is 1.75 bits per heavy atom. The topological polar surface area (TPSA) is 90.5 Å². The number of fused-ring (bicyclic) bond motifs is 3. The summed E-state index contributed by atoms with van der Waals surface area (Å²) in [5.41, 5.74) is 5.61. The average molecular weight is 539 g/mol. The molecule has 1 amide bonds. The zero-order valence-corrected chi connectivity index (χ0v) is 23.4. The highest BCUT2D eigenvalue weighted by Gasteiger charge is 2.38. The quantitative estimate of drug-likeness (QED) is 0.286. The monoisotopic (exact) mass is 538 g/mol. The Hall–Kier alpha value is -3.68. The Balaban J connectivity index is 1.25. The Labute approximate surface area is 235 Å². The number of ether oxygens (including phenoxy) is 1. The van der Waals surface area contributed by atoms with Gasteiger partial charge in [-0.1, -0.05) is 63.2 Å². The lowest BCUT2D eigenvalue weighted by atomic mass is 9.85. The third kappa shape index (κ3) is 5.49. The highest BCUT2D eigenvalue weighted by molar-refractivity contribution is 6.01. The summed E-state index contributed by atoms with van der Waals surface area (Å²) in [4.78, 5) is 15.9. The number of nitrogens with one attached hydrogen (secondary N) is 2. The van der Waals surface area contributed by atoms with Crippen LogP contribution in [0.5, 0.6) is 0 Å². The fourth-order valence-electron chi connectivity index (χ4n) is 6.27. The smallest absolute Gasteiger partial charge is 0.251 e. The average Bonchev–Trinajstić information content (AvgIpc) is 3.35. The summed E-state index contributed by atoms with van der Waals surface area (Å²) in [7, 11) is 0. The molecule has 7 heteroatoms. The number of piperidine rings is 1. The first kappa shape index (κ1) is 26.5. The summed E-state index contributed by atoms with van der Waals surface area (Å²) in [5.74, 6) is -0.0939. The van der Waals surface area contributed by atoms with Crippen molar-refractivity contribution in [2.75, 3.05) is 18.1 Å². The normalized spacial score (nSPS) is 21.8. The molecule has 1 aromatic heterocycles. The molecular formula is C33H38N4O3. The van der Waals surface area contributed by atoms with Gasteiger partial charge in [0.05, 0.1) is 48.7 Å². The van der Waals surface area contributed by atoms with Crippen LogP contribution >= 0.6 is 0 Å². The molecule has 4 atom stereocenters. The number of hydrogen-bond acceptors (Lipinski definition) is 5. The van der Waals surface area contributed by atoms with Crippen molar-refractivity contribution in [2.24, 2.45) is 5.41 Å². The Bertz CT molecular complexity index is 1460. The van der Waals surface area contributed by atoms with E-state index < -0.39 is 0 Å². The molecule has 0 spiro atoms. The van der Waals surface area contributed by atoms with Gasteiger partial charge in [-0.15, -0.1) is 0 Å². The number of anilines is 1. The number of amides is 1. The Morgan fingerprint density at radius 1 is 1.05 bits per heavy atom. The summed E-state index contributed by atoms with van der Waals surface area (Å²) >= 11 is 0. The minimum Gasteiger partial charge on any atom is -0.393 e. The molecular weight excluding hydrogens is 500 g/mol. The maximum atomic E-state index is 13.5. The molecule has 2 aliphatic rings. The summed E-state index contributed by atoms with van der Waals surface area (Å²) in [6, 6.07) is 24.6. The van der Waals surface area contributed by atoms with Gasteiger partial charge in [-0.05, 0) is 60.6 Å². The third-order valence-electron chi connectivity index (χ3n) is 8.08. The molecule has 2 saturated heterocycles. The first-order valence-corrected chi connectivity index (χ1v) is 14.2. The van der Waals surface area contributed by atoms with E-state index in [2.05, 4.69) is 77.6 Å². The second-order valence-electron chi connectivity index (χ2n) is 12.5. The van der Waals surface area contributed by atoms with Crippen LogP contribution in [0, 0.1) is 5.41 Å². The largest absolute Gasteiger partial charge is 0.393 e. The molecule has 0 aliphatic carbocycles. The van der Waals surface area contributed by atoms with Gasteiger partial charge >= 0.3 is 0 Å². The zero-order valence-electron chi connectivity index (χ0n) is 23.4. The number of carbonyl (C=O) groups is 1. The molecule has 2 bridgehead atoms. The van der Waals surface area contributed by atoms with Gasteiger partial charge in [0.25, 0.3) is 5.91 Å². The van der Waals surface area contributed by atoms with Gasteiger partial charge in [0.2, 0.25) is 0 Å². The van der Waals surface area contributed by atoms with Crippen molar-refractivity contribution in [2.45, 2.75) is 64.3 Å². The van der Waals surface area contributed by atoms with Crippen LogP contribution in [0.15, 0.2) is 72.8 Å². The van der Waals surface area contributed by atoms with Crippen LogP contribution in [0.25, 0.3) is 22.2 Å². The van der Waals surface area contributed by atoms with E-state index in [1.807, 2.05) is 36.4 Å². The molecule has 6 rings (SSSR count). The molecule has 0 radical (unpaired) electrons. The number of aromatic nitrogens is 2. The maximum absolute atomic E-state index is 13.5. The predicted octanol–water partition coefficient (Wildman–Crippen LogP) is 5.87. The Kier molecular flexibility index (Phi) is 7.11. The van der Waals surface area contributed by atoms with Crippen LogP contribution in [0.3, 0.4) is 0 Å². The van der Waals surface area contributed by atoms with Crippen molar-refractivity contribution in [1.29, 1.82) is 0 Å². The van der Waals surface area contributed by atoms with Gasteiger partial charge in [-0.3, -0.25) is 9.89 Å².